The zero-order valence-electron chi connectivity index (χ0n) is 11.5. The lowest BCUT2D eigenvalue weighted by Crippen LogP contribution is -2.33. The Morgan fingerprint density at radius 2 is 1.50 bits per heavy atom. The van der Waals surface area contributed by atoms with E-state index >= 15 is 0 Å². The van der Waals surface area contributed by atoms with Crippen LogP contribution >= 0.6 is 0 Å². The summed E-state index contributed by atoms with van der Waals surface area (Å²) in [7, 11) is 0. The molecular formula is C14H13F6N2+. The van der Waals surface area contributed by atoms with Crippen LogP contribution in [0, 0.1) is 0 Å². The molecule has 1 aromatic heterocycles. The molecule has 1 aromatic carbocycles. The van der Waals surface area contributed by atoms with Gasteiger partial charge >= 0.3 is 12.4 Å². The molecule has 0 fully saturated rings. The quantitative estimate of drug-likeness (QED) is 0.637. The van der Waals surface area contributed by atoms with E-state index in [2.05, 4.69) is 4.98 Å². The van der Waals surface area contributed by atoms with Gasteiger partial charge < -0.3 is 0 Å². The molecule has 0 aliphatic heterocycles. The Kier molecular flexibility index (Phi) is 4.21. The maximum absolute atomic E-state index is 12.8. The maximum atomic E-state index is 12.8. The molecule has 0 spiro atoms. The highest BCUT2D eigenvalue weighted by Crippen LogP contribution is 2.37. The third kappa shape index (κ3) is 3.42. The van der Waals surface area contributed by atoms with Gasteiger partial charge in [0.05, 0.1) is 23.2 Å². The fourth-order valence-electron chi connectivity index (χ4n) is 2.13. The summed E-state index contributed by atoms with van der Waals surface area (Å²) in [5.74, 6) is 0.207. The van der Waals surface area contributed by atoms with E-state index in [1.54, 1.807) is 10.8 Å². The van der Waals surface area contributed by atoms with Crippen molar-refractivity contribution >= 4 is 0 Å². The van der Waals surface area contributed by atoms with Crippen molar-refractivity contribution < 1.29 is 30.9 Å². The molecule has 0 bridgehead atoms. The molecular weight excluding hydrogens is 310 g/mol. The van der Waals surface area contributed by atoms with Crippen LogP contribution in [0.3, 0.4) is 0 Å². The van der Waals surface area contributed by atoms with Crippen LogP contribution < -0.4 is 4.57 Å². The Morgan fingerprint density at radius 1 is 0.955 bits per heavy atom. The summed E-state index contributed by atoms with van der Waals surface area (Å²) in [5.41, 5.74) is -2.80. The van der Waals surface area contributed by atoms with Crippen LogP contribution in [0.2, 0.25) is 0 Å². The van der Waals surface area contributed by atoms with Crippen molar-refractivity contribution in [2.45, 2.75) is 32.2 Å². The molecule has 120 valence electrons. The number of aryl methyl sites for hydroxylation is 1. The largest absolute Gasteiger partial charge is 0.416 e. The van der Waals surface area contributed by atoms with Crippen molar-refractivity contribution in [1.29, 1.82) is 0 Å². The number of H-pyrrole nitrogens is 1. The molecule has 22 heavy (non-hydrogen) atoms. The number of halogens is 6. The lowest BCUT2D eigenvalue weighted by Gasteiger charge is -2.13. The molecule has 2 aromatic rings. The topological polar surface area (TPSA) is 19.7 Å². The van der Waals surface area contributed by atoms with Gasteiger partial charge in [-0.15, -0.1) is 0 Å². The molecule has 2 nitrogen and oxygen atoms in total. The monoisotopic (exact) mass is 323 g/mol. The summed E-state index contributed by atoms with van der Waals surface area (Å²) in [6.45, 7) is 2.34. The number of alkyl halides is 6. The second kappa shape index (κ2) is 5.66. The number of aromatic nitrogens is 2. The minimum atomic E-state index is -4.85. The normalized spacial score (nSPS) is 12.7. The van der Waals surface area contributed by atoms with Crippen molar-refractivity contribution in [3.8, 4) is 11.4 Å². The van der Waals surface area contributed by atoms with Crippen LogP contribution in [0.25, 0.3) is 11.4 Å². The molecule has 0 radical (unpaired) electrons. The molecule has 2 rings (SSSR count). The minimum absolute atomic E-state index is 0.122. The highest BCUT2D eigenvalue weighted by atomic mass is 19.4. The van der Waals surface area contributed by atoms with Gasteiger partial charge in [-0.2, -0.15) is 26.3 Å². The third-order valence-corrected chi connectivity index (χ3v) is 3.09. The number of hydrogen-bond acceptors (Lipinski definition) is 0. The average molecular weight is 323 g/mol. The average Bonchev–Trinajstić information content (AvgIpc) is 2.85. The number of nitrogens with one attached hydrogen (secondary N) is 1. The van der Waals surface area contributed by atoms with E-state index in [1.807, 2.05) is 6.92 Å². The number of aromatic amines is 1. The number of rotatable bonds is 3. The summed E-state index contributed by atoms with van der Waals surface area (Å²) < 4.78 is 78.6. The summed E-state index contributed by atoms with van der Waals surface area (Å²) in [5, 5.41) is 0. The standard InChI is InChI=1S/C14H12F6N2/c1-2-4-22-5-3-21-12(22)9-6-10(13(15,16)17)8-11(7-9)14(18,19)20/h3,5-8H,2,4H2,1H3/p+1. The maximum Gasteiger partial charge on any atom is 0.416 e. The van der Waals surface area contributed by atoms with Crippen molar-refractivity contribution in [3.63, 3.8) is 0 Å². The highest BCUT2D eigenvalue weighted by molar-refractivity contribution is 5.56. The van der Waals surface area contributed by atoms with Gasteiger partial charge in [0.15, 0.2) is 0 Å². The summed E-state index contributed by atoms with van der Waals surface area (Å²) in [6, 6.07) is 1.55. The van der Waals surface area contributed by atoms with E-state index in [-0.39, 0.29) is 17.5 Å². The Balaban J connectivity index is 2.62. The van der Waals surface area contributed by atoms with Crippen LogP contribution in [0.15, 0.2) is 30.6 Å². The SMILES string of the molecule is CCC[n+]1cc[nH]c1-c1cc(C(F)(F)F)cc(C(F)(F)F)c1. The first-order valence-corrected chi connectivity index (χ1v) is 6.49. The predicted molar refractivity (Wildman–Crippen MR) is 66.7 cm³/mol. The molecule has 0 saturated carbocycles. The summed E-state index contributed by atoms with van der Waals surface area (Å²) in [4.78, 5) is 2.69. The number of hydrogen-bond donors (Lipinski definition) is 1. The van der Waals surface area contributed by atoms with Crippen LogP contribution in [0.1, 0.15) is 24.5 Å². The highest BCUT2D eigenvalue weighted by Gasteiger charge is 2.37. The lowest BCUT2D eigenvalue weighted by molar-refractivity contribution is -0.684. The van der Waals surface area contributed by atoms with Crippen molar-refractivity contribution in [3.05, 3.63) is 41.7 Å². The van der Waals surface area contributed by atoms with Crippen molar-refractivity contribution in [1.82, 2.24) is 4.98 Å². The number of benzene rings is 1. The molecule has 1 heterocycles. The van der Waals surface area contributed by atoms with E-state index in [9.17, 15) is 26.3 Å². The van der Waals surface area contributed by atoms with Gasteiger partial charge in [-0.25, -0.2) is 9.55 Å². The Bertz CT molecular complexity index is 622. The van der Waals surface area contributed by atoms with Gasteiger partial charge in [0.1, 0.15) is 12.4 Å². The third-order valence-electron chi connectivity index (χ3n) is 3.09. The molecule has 1 N–H and O–H groups in total. The Hall–Kier alpha value is -1.99. The van der Waals surface area contributed by atoms with E-state index in [0.717, 1.165) is 0 Å². The zero-order valence-corrected chi connectivity index (χ0v) is 11.5. The van der Waals surface area contributed by atoms with Crippen LogP contribution in [0.4, 0.5) is 26.3 Å². The van der Waals surface area contributed by atoms with Crippen LogP contribution in [-0.4, -0.2) is 4.98 Å². The van der Waals surface area contributed by atoms with E-state index in [0.29, 0.717) is 25.1 Å². The zero-order chi connectivity index (χ0) is 16.5. The molecule has 8 heteroatoms. The van der Waals surface area contributed by atoms with Gasteiger partial charge in [0, 0.05) is 0 Å². The smallest absolute Gasteiger partial charge is 0.243 e. The Morgan fingerprint density at radius 3 is 1.95 bits per heavy atom. The fourth-order valence-corrected chi connectivity index (χ4v) is 2.13. The first-order valence-electron chi connectivity index (χ1n) is 6.49. The second-order valence-corrected chi connectivity index (χ2v) is 4.80. The van der Waals surface area contributed by atoms with Gasteiger partial charge in [-0.3, -0.25) is 0 Å². The van der Waals surface area contributed by atoms with Crippen molar-refractivity contribution in [2.75, 3.05) is 0 Å². The molecule has 0 aliphatic rings. The number of imidazole rings is 1. The van der Waals surface area contributed by atoms with E-state index < -0.39 is 23.5 Å². The molecule has 0 atom stereocenters. The predicted octanol–water partition coefficient (Wildman–Crippen LogP) is 4.42. The molecule has 0 saturated heterocycles. The summed E-state index contributed by atoms with van der Waals surface area (Å²) >= 11 is 0. The Labute approximate surface area is 122 Å². The number of nitrogens with zero attached hydrogens (tertiary/aromatic N) is 1. The van der Waals surface area contributed by atoms with E-state index in [1.165, 1.54) is 6.20 Å². The van der Waals surface area contributed by atoms with Crippen molar-refractivity contribution in [2.24, 2.45) is 0 Å². The molecule has 0 amide bonds. The first kappa shape index (κ1) is 16.4. The molecule has 0 unspecified atom stereocenters. The van der Waals surface area contributed by atoms with Gasteiger partial charge in [0.2, 0.25) is 0 Å². The fraction of sp³-hybridized carbons (Fsp3) is 0.357. The second-order valence-electron chi connectivity index (χ2n) is 4.80. The van der Waals surface area contributed by atoms with Crippen LogP contribution in [-0.2, 0) is 18.9 Å². The van der Waals surface area contributed by atoms with E-state index in [4.69, 9.17) is 0 Å². The van der Waals surface area contributed by atoms with Gasteiger partial charge in [-0.05, 0) is 24.6 Å². The molecule has 0 aliphatic carbocycles. The van der Waals surface area contributed by atoms with Crippen LogP contribution in [0.5, 0.6) is 0 Å². The first-order chi connectivity index (χ1) is 10.1. The minimum Gasteiger partial charge on any atom is -0.243 e. The van der Waals surface area contributed by atoms with Gasteiger partial charge in [-0.1, -0.05) is 6.92 Å². The lowest BCUT2D eigenvalue weighted by atomic mass is 10.0. The van der Waals surface area contributed by atoms with Gasteiger partial charge in [0.25, 0.3) is 5.82 Å². The summed E-state index contributed by atoms with van der Waals surface area (Å²) in [6.07, 6.45) is -5.96.